The van der Waals surface area contributed by atoms with Crippen LogP contribution < -0.4 is 5.32 Å². The lowest BCUT2D eigenvalue weighted by atomic mass is 10.2. The van der Waals surface area contributed by atoms with Crippen molar-refractivity contribution in [2.45, 2.75) is 26.2 Å². The maximum absolute atomic E-state index is 11.1. The summed E-state index contributed by atoms with van der Waals surface area (Å²) in [5, 5.41) is 6.92. The summed E-state index contributed by atoms with van der Waals surface area (Å²) in [5.41, 5.74) is 1.16. The number of hydrogen-bond donors (Lipinski definition) is 1. The van der Waals surface area contributed by atoms with E-state index in [-0.39, 0.29) is 5.91 Å². The van der Waals surface area contributed by atoms with Crippen molar-refractivity contribution in [3.05, 3.63) is 18.0 Å². The fraction of sp³-hybridized carbons (Fsp3) is 0.600. The monoisotopic (exact) mass is 195 g/mol. The molecule has 0 radical (unpaired) electrons. The average molecular weight is 195 g/mol. The summed E-state index contributed by atoms with van der Waals surface area (Å²) < 4.78 is 1.77. The van der Waals surface area contributed by atoms with E-state index in [9.17, 15) is 4.79 Å². The molecule has 0 aliphatic heterocycles. The van der Waals surface area contributed by atoms with Gasteiger partial charge in [-0.25, -0.2) is 0 Å². The third-order valence-corrected chi connectivity index (χ3v) is 1.97. The Morgan fingerprint density at radius 2 is 2.43 bits per heavy atom. The summed E-state index contributed by atoms with van der Waals surface area (Å²) >= 11 is 0. The van der Waals surface area contributed by atoms with Gasteiger partial charge in [-0.15, -0.1) is 0 Å². The minimum absolute atomic E-state index is 0.136. The van der Waals surface area contributed by atoms with Crippen LogP contribution >= 0.6 is 0 Å². The molecule has 0 aromatic carbocycles. The van der Waals surface area contributed by atoms with Crippen molar-refractivity contribution in [1.29, 1.82) is 0 Å². The molecule has 0 saturated heterocycles. The predicted molar refractivity (Wildman–Crippen MR) is 54.8 cm³/mol. The lowest BCUT2D eigenvalue weighted by molar-refractivity contribution is -0.121. The number of carbonyl (C=O) groups is 1. The third kappa shape index (κ3) is 3.60. The summed E-state index contributed by atoms with van der Waals surface area (Å²) in [7, 11) is 1.89. The van der Waals surface area contributed by atoms with Crippen LogP contribution in [0.2, 0.25) is 0 Å². The molecule has 1 heterocycles. The zero-order valence-corrected chi connectivity index (χ0v) is 8.79. The Bertz CT molecular complexity index is 293. The Balaban J connectivity index is 2.18. The van der Waals surface area contributed by atoms with Crippen LogP contribution in [0.5, 0.6) is 0 Å². The van der Waals surface area contributed by atoms with Crippen molar-refractivity contribution in [2.75, 3.05) is 6.54 Å². The van der Waals surface area contributed by atoms with E-state index in [1.54, 1.807) is 4.68 Å². The van der Waals surface area contributed by atoms with Gasteiger partial charge in [-0.2, -0.15) is 5.10 Å². The molecular weight excluding hydrogens is 178 g/mol. The summed E-state index contributed by atoms with van der Waals surface area (Å²) in [6, 6.07) is 0. The lowest BCUT2D eigenvalue weighted by Crippen LogP contribution is -2.24. The number of aromatic nitrogens is 2. The van der Waals surface area contributed by atoms with Crippen LogP contribution in [-0.2, 0) is 18.3 Å². The first-order valence-electron chi connectivity index (χ1n) is 4.96. The highest BCUT2D eigenvalue weighted by Crippen LogP contribution is 1.96. The first-order valence-corrected chi connectivity index (χ1v) is 4.96. The highest BCUT2D eigenvalue weighted by Gasteiger charge is 1.99. The molecule has 0 aliphatic carbocycles. The molecule has 1 amide bonds. The highest BCUT2D eigenvalue weighted by molar-refractivity contribution is 5.75. The van der Waals surface area contributed by atoms with E-state index in [0.717, 1.165) is 18.4 Å². The number of nitrogens with zero attached hydrogens (tertiary/aromatic N) is 2. The van der Waals surface area contributed by atoms with Crippen LogP contribution in [0.3, 0.4) is 0 Å². The smallest absolute Gasteiger partial charge is 0.219 e. The number of aryl methyl sites for hydroxylation is 1. The van der Waals surface area contributed by atoms with Gasteiger partial charge in [0.2, 0.25) is 5.91 Å². The van der Waals surface area contributed by atoms with E-state index >= 15 is 0 Å². The molecule has 1 N–H and O–H groups in total. The van der Waals surface area contributed by atoms with Crippen LogP contribution in [0.1, 0.15) is 25.3 Å². The Morgan fingerprint density at radius 3 is 3.00 bits per heavy atom. The molecule has 0 atom stereocenters. The average Bonchev–Trinajstić information content (AvgIpc) is 2.52. The van der Waals surface area contributed by atoms with Crippen LogP contribution in [0.25, 0.3) is 0 Å². The van der Waals surface area contributed by atoms with Gasteiger partial charge in [-0.05, 0) is 18.4 Å². The van der Waals surface area contributed by atoms with Crippen molar-refractivity contribution in [2.24, 2.45) is 7.05 Å². The van der Waals surface area contributed by atoms with E-state index < -0.39 is 0 Å². The Labute approximate surface area is 84.3 Å². The second-order valence-electron chi connectivity index (χ2n) is 3.37. The maximum atomic E-state index is 11.1. The molecule has 4 nitrogen and oxygen atoms in total. The summed E-state index contributed by atoms with van der Waals surface area (Å²) in [6.07, 6.45) is 6.16. The molecule has 0 unspecified atom stereocenters. The fourth-order valence-corrected chi connectivity index (χ4v) is 1.26. The number of carbonyl (C=O) groups excluding carboxylic acids is 1. The molecule has 78 valence electrons. The third-order valence-electron chi connectivity index (χ3n) is 1.97. The SMILES string of the molecule is CCCC(=O)NCCc1cnn(C)c1. The van der Waals surface area contributed by atoms with E-state index in [1.807, 2.05) is 26.4 Å². The molecule has 1 aromatic rings. The minimum Gasteiger partial charge on any atom is -0.356 e. The van der Waals surface area contributed by atoms with Crippen LogP contribution in [-0.4, -0.2) is 22.2 Å². The summed E-state index contributed by atoms with van der Waals surface area (Å²) in [5.74, 6) is 0.136. The number of amides is 1. The second-order valence-corrected chi connectivity index (χ2v) is 3.37. The van der Waals surface area contributed by atoms with Gasteiger partial charge in [-0.3, -0.25) is 9.48 Å². The second kappa shape index (κ2) is 5.42. The van der Waals surface area contributed by atoms with Crippen LogP contribution in [0, 0.1) is 0 Å². The normalized spacial score (nSPS) is 10.1. The van der Waals surface area contributed by atoms with Gasteiger partial charge in [0, 0.05) is 26.2 Å². The number of nitrogens with one attached hydrogen (secondary N) is 1. The zero-order chi connectivity index (χ0) is 10.4. The highest BCUT2D eigenvalue weighted by atomic mass is 16.1. The Hall–Kier alpha value is -1.32. The first kappa shape index (κ1) is 10.8. The van der Waals surface area contributed by atoms with Crippen molar-refractivity contribution in [1.82, 2.24) is 15.1 Å². The molecule has 0 aliphatic rings. The summed E-state index contributed by atoms with van der Waals surface area (Å²) in [6.45, 7) is 2.70. The number of rotatable bonds is 5. The molecule has 1 aromatic heterocycles. The quantitative estimate of drug-likeness (QED) is 0.758. The fourth-order valence-electron chi connectivity index (χ4n) is 1.26. The maximum Gasteiger partial charge on any atom is 0.219 e. The summed E-state index contributed by atoms with van der Waals surface area (Å²) in [4.78, 5) is 11.1. The predicted octanol–water partition coefficient (Wildman–Crippen LogP) is 0.879. The van der Waals surface area contributed by atoms with E-state index in [4.69, 9.17) is 0 Å². The van der Waals surface area contributed by atoms with Gasteiger partial charge in [-0.1, -0.05) is 6.92 Å². The van der Waals surface area contributed by atoms with Gasteiger partial charge in [0.15, 0.2) is 0 Å². The largest absolute Gasteiger partial charge is 0.356 e. The molecule has 0 spiro atoms. The minimum atomic E-state index is 0.136. The first-order chi connectivity index (χ1) is 6.72. The molecule has 1 rings (SSSR count). The van der Waals surface area contributed by atoms with Crippen LogP contribution in [0.4, 0.5) is 0 Å². The van der Waals surface area contributed by atoms with Gasteiger partial charge < -0.3 is 5.32 Å². The molecular formula is C10H17N3O. The van der Waals surface area contributed by atoms with Crippen molar-refractivity contribution in [3.63, 3.8) is 0 Å². The van der Waals surface area contributed by atoms with E-state index in [2.05, 4.69) is 10.4 Å². The van der Waals surface area contributed by atoms with Gasteiger partial charge >= 0.3 is 0 Å². The molecule has 14 heavy (non-hydrogen) atoms. The van der Waals surface area contributed by atoms with Crippen molar-refractivity contribution >= 4 is 5.91 Å². The van der Waals surface area contributed by atoms with Crippen molar-refractivity contribution < 1.29 is 4.79 Å². The molecule has 0 saturated carbocycles. The standard InChI is InChI=1S/C10H17N3O/c1-3-4-10(14)11-6-5-9-7-12-13(2)8-9/h7-8H,3-6H2,1-2H3,(H,11,14). The van der Waals surface area contributed by atoms with E-state index in [0.29, 0.717) is 13.0 Å². The Kier molecular flexibility index (Phi) is 4.16. The molecule has 4 heteroatoms. The van der Waals surface area contributed by atoms with Crippen LogP contribution in [0.15, 0.2) is 12.4 Å². The van der Waals surface area contributed by atoms with Gasteiger partial charge in [0.1, 0.15) is 0 Å². The topological polar surface area (TPSA) is 46.9 Å². The van der Waals surface area contributed by atoms with Gasteiger partial charge in [0.05, 0.1) is 6.20 Å². The van der Waals surface area contributed by atoms with E-state index in [1.165, 1.54) is 0 Å². The van der Waals surface area contributed by atoms with Crippen molar-refractivity contribution in [3.8, 4) is 0 Å². The number of hydrogen-bond acceptors (Lipinski definition) is 2. The van der Waals surface area contributed by atoms with Gasteiger partial charge in [0.25, 0.3) is 0 Å². The molecule has 0 fully saturated rings. The lowest BCUT2D eigenvalue weighted by Gasteiger charge is -2.01. The molecule has 0 bridgehead atoms. The zero-order valence-electron chi connectivity index (χ0n) is 8.79. The Morgan fingerprint density at radius 1 is 1.64 bits per heavy atom.